The molecule has 5 nitrogen and oxygen atoms in total. The van der Waals surface area contributed by atoms with Crippen LogP contribution in [0.25, 0.3) is 0 Å². The van der Waals surface area contributed by atoms with Gasteiger partial charge in [-0.25, -0.2) is 4.98 Å². The Morgan fingerprint density at radius 2 is 2.40 bits per heavy atom. The Morgan fingerprint density at radius 3 is 3.00 bits per heavy atom. The van der Waals surface area contributed by atoms with Crippen LogP contribution in [0.3, 0.4) is 0 Å². The molecule has 1 atom stereocenters. The maximum absolute atomic E-state index is 11.6. The summed E-state index contributed by atoms with van der Waals surface area (Å²) in [6.45, 7) is 0.596. The van der Waals surface area contributed by atoms with Gasteiger partial charge in [-0.2, -0.15) is 12.6 Å². The van der Waals surface area contributed by atoms with Gasteiger partial charge in [0.05, 0.1) is 6.33 Å². The summed E-state index contributed by atoms with van der Waals surface area (Å²) in [4.78, 5) is 30.6. The summed E-state index contributed by atoms with van der Waals surface area (Å²) in [6, 6.07) is 1.33. The Balaban J connectivity index is 2.25. The molecule has 80 valence electrons. The molecular weight excluding hydrogens is 214 g/mol. The Hall–Kier alpha value is -1.30. The van der Waals surface area contributed by atoms with E-state index >= 15 is 0 Å². The van der Waals surface area contributed by atoms with Gasteiger partial charge in [0.1, 0.15) is 5.82 Å². The summed E-state index contributed by atoms with van der Waals surface area (Å²) in [5.74, 6) is 1.35. The zero-order valence-electron chi connectivity index (χ0n) is 8.01. The van der Waals surface area contributed by atoms with Crippen molar-refractivity contribution in [2.45, 2.75) is 6.42 Å². The fourth-order valence-corrected chi connectivity index (χ4v) is 1.88. The number of hydrogen-bond donors (Lipinski definition) is 2. The van der Waals surface area contributed by atoms with Gasteiger partial charge in [0, 0.05) is 19.0 Å². The lowest BCUT2D eigenvalue weighted by Gasteiger charge is -2.14. The van der Waals surface area contributed by atoms with E-state index in [9.17, 15) is 9.59 Å². The standard InChI is InChI=1S/C9H11N3O2S/c13-8-2-7(10-5-11-8)12-3-6(4-15)1-9(12)14/h2,5-6,15H,1,3-4H2,(H,10,11,13). The average Bonchev–Trinajstić information content (AvgIpc) is 2.60. The smallest absolute Gasteiger partial charge is 0.252 e. The third-order valence-corrected chi connectivity index (χ3v) is 2.92. The number of nitrogens with zero attached hydrogens (tertiary/aromatic N) is 2. The largest absolute Gasteiger partial charge is 0.313 e. The summed E-state index contributed by atoms with van der Waals surface area (Å²) >= 11 is 4.16. The van der Waals surface area contributed by atoms with Gasteiger partial charge in [0.2, 0.25) is 5.91 Å². The molecule has 15 heavy (non-hydrogen) atoms. The molecule has 1 aliphatic rings. The molecule has 1 aliphatic heterocycles. The van der Waals surface area contributed by atoms with Crippen molar-refractivity contribution in [1.82, 2.24) is 9.97 Å². The Kier molecular flexibility index (Phi) is 2.77. The molecule has 0 bridgehead atoms. The van der Waals surface area contributed by atoms with Crippen LogP contribution in [-0.2, 0) is 4.79 Å². The molecule has 1 N–H and O–H groups in total. The second kappa shape index (κ2) is 4.06. The molecule has 1 unspecified atom stereocenters. The minimum absolute atomic E-state index is 0.00662. The summed E-state index contributed by atoms with van der Waals surface area (Å²) in [6.07, 6.45) is 1.79. The first-order chi connectivity index (χ1) is 7.20. The monoisotopic (exact) mass is 225 g/mol. The van der Waals surface area contributed by atoms with E-state index in [1.165, 1.54) is 17.3 Å². The van der Waals surface area contributed by atoms with Crippen molar-refractivity contribution in [2.24, 2.45) is 5.92 Å². The van der Waals surface area contributed by atoms with Gasteiger partial charge in [-0.3, -0.25) is 14.5 Å². The first-order valence-corrected chi connectivity index (χ1v) is 5.30. The van der Waals surface area contributed by atoms with Crippen LogP contribution in [0, 0.1) is 5.92 Å². The minimum atomic E-state index is -0.248. The number of carbonyl (C=O) groups is 1. The van der Waals surface area contributed by atoms with Crippen molar-refractivity contribution in [2.75, 3.05) is 17.2 Å². The lowest BCUT2D eigenvalue weighted by Crippen LogP contribution is -2.27. The van der Waals surface area contributed by atoms with E-state index < -0.39 is 0 Å². The number of anilines is 1. The number of thiol groups is 1. The Labute approximate surface area is 91.9 Å². The van der Waals surface area contributed by atoms with Crippen LogP contribution in [0.2, 0.25) is 0 Å². The van der Waals surface area contributed by atoms with Gasteiger partial charge in [-0.05, 0) is 11.7 Å². The van der Waals surface area contributed by atoms with Crippen LogP contribution >= 0.6 is 12.6 Å². The number of H-pyrrole nitrogens is 1. The lowest BCUT2D eigenvalue weighted by atomic mass is 10.1. The molecule has 1 fully saturated rings. The van der Waals surface area contributed by atoms with Gasteiger partial charge in [-0.1, -0.05) is 0 Å². The van der Waals surface area contributed by atoms with Crippen LogP contribution in [0.5, 0.6) is 0 Å². The molecule has 2 heterocycles. The van der Waals surface area contributed by atoms with Gasteiger partial charge < -0.3 is 4.98 Å². The van der Waals surface area contributed by atoms with Gasteiger partial charge in [-0.15, -0.1) is 0 Å². The number of nitrogens with one attached hydrogen (secondary N) is 1. The molecule has 0 spiro atoms. The van der Waals surface area contributed by atoms with Gasteiger partial charge >= 0.3 is 0 Å². The van der Waals surface area contributed by atoms with Crippen molar-refractivity contribution in [3.63, 3.8) is 0 Å². The molecular formula is C9H11N3O2S. The summed E-state index contributed by atoms with van der Waals surface area (Å²) in [5.41, 5.74) is -0.248. The van der Waals surface area contributed by atoms with Crippen molar-refractivity contribution >= 4 is 24.4 Å². The minimum Gasteiger partial charge on any atom is -0.313 e. The normalized spacial score (nSPS) is 21.0. The second-order valence-electron chi connectivity index (χ2n) is 3.53. The highest BCUT2D eigenvalue weighted by Gasteiger charge is 2.30. The molecule has 1 aromatic rings. The van der Waals surface area contributed by atoms with Crippen LogP contribution in [0.15, 0.2) is 17.2 Å². The molecule has 0 aromatic carbocycles. The third-order valence-electron chi connectivity index (χ3n) is 2.40. The first-order valence-electron chi connectivity index (χ1n) is 4.66. The molecule has 1 saturated heterocycles. The fourth-order valence-electron chi connectivity index (χ4n) is 1.63. The van der Waals surface area contributed by atoms with E-state index in [1.54, 1.807) is 0 Å². The number of carbonyl (C=O) groups excluding carboxylic acids is 1. The maximum Gasteiger partial charge on any atom is 0.252 e. The van der Waals surface area contributed by atoms with E-state index in [4.69, 9.17) is 0 Å². The average molecular weight is 225 g/mol. The lowest BCUT2D eigenvalue weighted by molar-refractivity contribution is -0.117. The summed E-state index contributed by atoms with van der Waals surface area (Å²) < 4.78 is 0. The number of hydrogen-bond acceptors (Lipinski definition) is 4. The second-order valence-corrected chi connectivity index (χ2v) is 3.89. The van der Waals surface area contributed by atoms with Crippen molar-refractivity contribution in [1.29, 1.82) is 0 Å². The highest BCUT2D eigenvalue weighted by atomic mass is 32.1. The van der Waals surface area contributed by atoms with Crippen molar-refractivity contribution in [3.8, 4) is 0 Å². The molecule has 0 radical (unpaired) electrons. The zero-order chi connectivity index (χ0) is 10.8. The molecule has 1 aromatic heterocycles. The summed E-state index contributed by atoms with van der Waals surface area (Å²) in [7, 11) is 0. The molecule has 2 rings (SSSR count). The van der Waals surface area contributed by atoms with Gasteiger partial charge in [0.25, 0.3) is 5.56 Å². The number of amides is 1. The summed E-state index contributed by atoms with van der Waals surface area (Å²) in [5, 5.41) is 0. The maximum atomic E-state index is 11.6. The van der Waals surface area contributed by atoms with Crippen LogP contribution in [0.1, 0.15) is 6.42 Å². The van der Waals surface area contributed by atoms with E-state index in [2.05, 4.69) is 22.6 Å². The number of aromatic nitrogens is 2. The zero-order valence-corrected chi connectivity index (χ0v) is 8.91. The van der Waals surface area contributed by atoms with Crippen molar-refractivity contribution < 1.29 is 4.79 Å². The number of rotatable bonds is 2. The van der Waals surface area contributed by atoms with Gasteiger partial charge in [0.15, 0.2) is 0 Å². The van der Waals surface area contributed by atoms with E-state index in [-0.39, 0.29) is 17.4 Å². The van der Waals surface area contributed by atoms with E-state index in [1.807, 2.05) is 0 Å². The topological polar surface area (TPSA) is 66.1 Å². The van der Waals surface area contributed by atoms with Crippen LogP contribution in [-0.4, -0.2) is 28.2 Å². The fraction of sp³-hybridized carbons (Fsp3) is 0.444. The van der Waals surface area contributed by atoms with E-state index in [0.29, 0.717) is 24.5 Å². The quantitative estimate of drug-likeness (QED) is 0.699. The molecule has 0 saturated carbocycles. The molecule has 6 heteroatoms. The number of aromatic amines is 1. The highest BCUT2D eigenvalue weighted by Crippen LogP contribution is 2.22. The predicted molar refractivity (Wildman–Crippen MR) is 59.2 cm³/mol. The van der Waals surface area contributed by atoms with E-state index in [0.717, 1.165) is 0 Å². The third kappa shape index (κ3) is 2.04. The molecule has 0 aliphatic carbocycles. The first kappa shape index (κ1) is 10.2. The van der Waals surface area contributed by atoms with Crippen LogP contribution < -0.4 is 10.5 Å². The van der Waals surface area contributed by atoms with Crippen LogP contribution in [0.4, 0.5) is 5.82 Å². The van der Waals surface area contributed by atoms with Crippen molar-refractivity contribution in [3.05, 3.63) is 22.7 Å². The Bertz CT molecular complexity index is 431. The molecule has 1 amide bonds. The SMILES string of the molecule is O=C1CC(CS)CN1c1cc(=O)[nH]cn1. The predicted octanol–water partition coefficient (Wildman–Crippen LogP) is 0.0526. The Morgan fingerprint density at radius 1 is 1.60 bits per heavy atom. The highest BCUT2D eigenvalue weighted by molar-refractivity contribution is 7.80.